The quantitative estimate of drug-likeness (QED) is 0.653. The van der Waals surface area contributed by atoms with Gasteiger partial charge in [-0.3, -0.25) is 9.20 Å². The summed E-state index contributed by atoms with van der Waals surface area (Å²) in [5, 5.41) is 1.75. The Hall–Kier alpha value is -2.06. The van der Waals surface area contributed by atoms with E-state index in [1.54, 1.807) is 11.6 Å². The highest BCUT2D eigenvalue weighted by atomic mass is 79.9. The summed E-state index contributed by atoms with van der Waals surface area (Å²) in [7, 11) is 0. The molecule has 0 spiro atoms. The van der Waals surface area contributed by atoms with E-state index in [2.05, 4.69) is 20.9 Å². The van der Waals surface area contributed by atoms with Gasteiger partial charge in [0.15, 0.2) is 4.96 Å². The monoisotopic (exact) mass is 382 g/mol. The van der Waals surface area contributed by atoms with Crippen molar-refractivity contribution in [3.63, 3.8) is 0 Å². The molecule has 0 N–H and O–H groups in total. The molecule has 5 nitrogen and oxygen atoms in total. The number of aromatic nitrogens is 2. The fourth-order valence-electron chi connectivity index (χ4n) is 1.83. The van der Waals surface area contributed by atoms with Crippen LogP contribution >= 0.6 is 27.3 Å². The maximum Gasteiger partial charge on any atom is 0.339 e. The third-order valence-corrected chi connectivity index (χ3v) is 4.27. The fourth-order valence-corrected chi connectivity index (χ4v) is 3.09. The van der Waals surface area contributed by atoms with E-state index in [0.29, 0.717) is 15.1 Å². The van der Waals surface area contributed by atoms with Crippen molar-refractivity contribution in [2.24, 2.45) is 0 Å². The van der Waals surface area contributed by atoms with Gasteiger partial charge < -0.3 is 4.74 Å². The molecule has 0 radical (unpaired) electrons. The Morgan fingerprint density at radius 3 is 3.00 bits per heavy atom. The molecule has 0 fully saturated rings. The van der Waals surface area contributed by atoms with Crippen molar-refractivity contribution in [1.29, 1.82) is 0 Å². The predicted molar refractivity (Wildman–Crippen MR) is 82.6 cm³/mol. The van der Waals surface area contributed by atoms with Crippen molar-refractivity contribution in [3.05, 3.63) is 67.7 Å². The van der Waals surface area contributed by atoms with Crippen molar-refractivity contribution < 1.29 is 13.9 Å². The molecule has 0 bridgehead atoms. The summed E-state index contributed by atoms with van der Waals surface area (Å²) in [5.74, 6) is -1.08. The zero-order valence-corrected chi connectivity index (χ0v) is 13.4. The number of ether oxygens (including phenoxy) is 1. The maximum atomic E-state index is 13.0. The lowest BCUT2D eigenvalue weighted by Gasteiger charge is -2.06. The Labute approximate surface area is 136 Å². The first-order valence-electron chi connectivity index (χ1n) is 6.12. The molecule has 0 amide bonds. The summed E-state index contributed by atoms with van der Waals surface area (Å²) in [5.41, 5.74) is 0.328. The topological polar surface area (TPSA) is 60.7 Å². The summed E-state index contributed by atoms with van der Waals surface area (Å²) < 4.78 is 19.8. The molecule has 0 saturated heterocycles. The van der Waals surface area contributed by atoms with Crippen LogP contribution in [0.3, 0.4) is 0 Å². The Bertz CT molecular complexity index is 922. The molecule has 3 aromatic rings. The van der Waals surface area contributed by atoms with Crippen LogP contribution in [0.5, 0.6) is 0 Å². The number of fused-ring (bicyclic) bond motifs is 1. The minimum Gasteiger partial charge on any atom is -0.456 e. The Balaban J connectivity index is 1.78. The number of thiazole rings is 1. The molecule has 0 saturated carbocycles. The van der Waals surface area contributed by atoms with E-state index in [-0.39, 0.29) is 17.7 Å². The minimum absolute atomic E-state index is 0.133. The van der Waals surface area contributed by atoms with Crippen molar-refractivity contribution >= 4 is 38.2 Å². The third-order valence-electron chi connectivity index (χ3n) is 2.86. The van der Waals surface area contributed by atoms with Gasteiger partial charge in [-0.25, -0.2) is 14.2 Å². The Morgan fingerprint density at radius 1 is 1.41 bits per heavy atom. The highest BCUT2D eigenvalue weighted by Crippen LogP contribution is 2.19. The van der Waals surface area contributed by atoms with Crippen LogP contribution in [0.1, 0.15) is 16.1 Å². The summed E-state index contributed by atoms with van der Waals surface area (Å²) in [6.07, 6.45) is 1.63. The first-order valence-corrected chi connectivity index (χ1v) is 7.80. The number of halogens is 2. The van der Waals surface area contributed by atoms with Gasteiger partial charge in [-0.15, -0.1) is 11.3 Å². The zero-order chi connectivity index (χ0) is 15.7. The average Bonchev–Trinajstić information content (AvgIpc) is 2.93. The third kappa shape index (κ3) is 2.93. The summed E-state index contributed by atoms with van der Waals surface area (Å²) in [6, 6.07) is 4.99. The number of benzene rings is 1. The van der Waals surface area contributed by atoms with E-state index in [1.807, 2.05) is 0 Å². The first-order chi connectivity index (χ1) is 10.5. The SMILES string of the molecule is O=C(OCc1cc(=O)n2ccsc2n1)c1ccc(F)cc1Br. The van der Waals surface area contributed by atoms with E-state index in [9.17, 15) is 14.0 Å². The molecule has 0 aliphatic rings. The molecular formula is C14H8BrFN2O3S. The predicted octanol–water partition coefficient (Wildman–Crippen LogP) is 3.01. The molecule has 1 aromatic carbocycles. The summed E-state index contributed by atoms with van der Waals surface area (Å²) in [6.45, 7) is -0.133. The lowest BCUT2D eigenvalue weighted by molar-refractivity contribution is 0.0466. The van der Waals surface area contributed by atoms with Crippen molar-refractivity contribution in [1.82, 2.24) is 9.38 Å². The minimum atomic E-state index is -0.625. The molecule has 0 aliphatic heterocycles. The van der Waals surface area contributed by atoms with Crippen LogP contribution in [0.25, 0.3) is 4.96 Å². The van der Waals surface area contributed by atoms with Crippen molar-refractivity contribution in [3.8, 4) is 0 Å². The Morgan fingerprint density at radius 2 is 2.23 bits per heavy atom. The van der Waals surface area contributed by atoms with E-state index < -0.39 is 11.8 Å². The molecule has 3 rings (SSSR count). The zero-order valence-electron chi connectivity index (χ0n) is 11.0. The van der Waals surface area contributed by atoms with E-state index in [4.69, 9.17) is 4.74 Å². The van der Waals surface area contributed by atoms with Crippen LogP contribution in [0.2, 0.25) is 0 Å². The standard InChI is InChI=1S/C14H8BrFN2O3S/c15-11-5-8(16)1-2-10(11)13(20)21-7-9-6-12(19)18-3-4-22-14(18)17-9/h1-6H,7H2. The smallest absolute Gasteiger partial charge is 0.339 e. The lowest BCUT2D eigenvalue weighted by atomic mass is 10.2. The highest BCUT2D eigenvalue weighted by molar-refractivity contribution is 9.10. The molecule has 22 heavy (non-hydrogen) atoms. The van der Waals surface area contributed by atoms with Gasteiger partial charge in [-0.2, -0.15) is 0 Å². The molecule has 0 aliphatic carbocycles. The van der Waals surface area contributed by atoms with Gasteiger partial charge in [0.1, 0.15) is 12.4 Å². The van der Waals surface area contributed by atoms with Crippen molar-refractivity contribution in [2.75, 3.05) is 0 Å². The number of nitrogens with zero attached hydrogens (tertiary/aromatic N) is 2. The number of rotatable bonds is 3. The van der Waals surface area contributed by atoms with Gasteiger partial charge in [-0.1, -0.05) is 0 Å². The summed E-state index contributed by atoms with van der Waals surface area (Å²) >= 11 is 4.42. The second-order valence-corrected chi connectivity index (χ2v) is 6.07. The van der Waals surface area contributed by atoms with E-state index >= 15 is 0 Å². The number of hydrogen-bond donors (Lipinski definition) is 0. The Kier molecular flexibility index (Phi) is 4.04. The maximum absolute atomic E-state index is 13.0. The van der Waals surface area contributed by atoms with Crippen LogP contribution in [0.4, 0.5) is 4.39 Å². The van der Waals surface area contributed by atoms with E-state index in [1.165, 1.54) is 40.0 Å². The normalized spacial score (nSPS) is 10.8. The van der Waals surface area contributed by atoms with Crippen LogP contribution in [-0.4, -0.2) is 15.4 Å². The van der Waals surface area contributed by atoms with Gasteiger partial charge in [0, 0.05) is 22.1 Å². The van der Waals surface area contributed by atoms with Crippen LogP contribution < -0.4 is 5.56 Å². The second kappa shape index (κ2) is 5.98. The molecule has 0 unspecified atom stereocenters. The van der Waals surface area contributed by atoms with Crippen LogP contribution in [0, 0.1) is 5.82 Å². The first kappa shape index (κ1) is 14.9. The summed E-state index contributed by atoms with van der Waals surface area (Å²) in [4.78, 5) is 28.5. The molecule has 2 aromatic heterocycles. The second-order valence-electron chi connectivity index (χ2n) is 4.34. The number of esters is 1. The molecule has 2 heterocycles. The number of carbonyl (C=O) groups excluding carboxylic acids is 1. The number of carbonyl (C=O) groups is 1. The largest absolute Gasteiger partial charge is 0.456 e. The fraction of sp³-hybridized carbons (Fsp3) is 0.0714. The lowest BCUT2D eigenvalue weighted by Crippen LogP contribution is -2.14. The highest BCUT2D eigenvalue weighted by Gasteiger charge is 2.13. The van der Waals surface area contributed by atoms with Crippen LogP contribution in [0.15, 0.2) is 45.1 Å². The van der Waals surface area contributed by atoms with Gasteiger partial charge in [-0.05, 0) is 34.1 Å². The molecule has 112 valence electrons. The van der Waals surface area contributed by atoms with Gasteiger partial charge in [0.05, 0.1) is 11.3 Å². The van der Waals surface area contributed by atoms with E-state index in [0.717, 1.165) is 0 Å². The molecule has 8 heteroatoms. The molecular weight excluding hydrogens is 375 g/mol. The van der Waals surface area contributed by atoms with Crippen LogP contribution in [-0.2, 0) is 11.3 Å². The van der Waals surface area contributed by atoms with Crippen molar-refractivity contribution in [2.45, 2.75) is 6.61 Å². The van der Waals surface area contributed by atoms with Gasteiger partial charge >= 0.3 is 5.97 Å². The number of hydrogen-bond acceptors (Lipinski definition) is 5. The average molecular weight is 383 g/mol. The van der Waals surface area contributed by atoms with Gasteiger partial charge in [0.2, 0.25) is 0 Å². The van der Waals surface area contributed by atoms with Gasteiger partial charge in [0.25, 0.3) is 5.56 Å². The molecule has 0 atom stereocenters.